The van der Waals surface area contributed by atoms with Crippen molar-refractivity contribution in [1.29, 1.82) is 0 Å². The molecule has 1 saturated heterocycles. The fraction of sp³-hybridized carbons (Fsp3) is 0.316. The van der Waals surface area contributed by atoms with E-state index in [1.807, 2.05) is 43.3 Å². The third kappa shape index (κ3) is 4.55. The second kappa shape index (κ2) is 8.09. The molecule has 1 fully saturated rings. The molecule has 4 nitrogen and oxygen atoms in total. The Morgan fingerprint density at radius 1 is 1.17 bits per heavy atom. The topological polar surface area (TPSA) is 41.6 Å². The SMILES string of the molecule is Cc1cc(I)ccc1NC(=O)c1ccc(CN2CCOCC2)cc1. The molecule has 0 unspecified atom stereocenters. The summed E-state index contributed by atoms with van der Waals surface area (Å²) < 4.78 is 6.53. The summed E-state index contributed by atoms with van der Waals surface area (Å²) in [5.74, 6) is -0.0720. The van der Waals surface area contributed by atoms with Gasteiger partial charge in [-0.05, 0) is 71.0 Å². The molecule has 1 N–H and O–H groups in total. The zero-order valence-corrected chi connectivity index (χ0v) is 15.9. The quantitative estimate of drug-likeness (QED) is 0.744. The van der Waals surface area contributed by atoms with Crippen molar-refractivity contribution < 1.29 is 9.53 Å². The summed E-state index contributed by atoms with van der Waals surface area (Å²) in [5.41, 5.74) is 3.83. The number of anilines is 1. The number of carbonyl (C=O) groups is 1. The van der Waals surface area contributed by atoms with Crippen LogP contribution in [0.15, 0.2) is 42.5 Å². The molecule has 2 aromatic rings. The van der Waals surface area contributed by atoms with Crippen molar-refractivity contribution in [3.05, 3.63) is 62.7 Å². The Hall–Kier alpha value is -1.44. The summed E-state index contributed by atoms with van der Waals surface area (Å²) >= 11 is 2.27. The van der Waals surface area contributed by atoms with Gasteiger partial charge in [0.1, 0.15) is 0 Å². The molecule has 0 radical (unpaired) electrons. The van der Waals surface area contributed by atoms with Crippen molar-refractivity contribution >= 4 is 34.2 Å². The van der Waals surface area contributed by atoms with Crippen LogP contribution in [0.5, 0.6) is 0 Å². The van der Waals surface area contributed by atoms with Crippen LogP contribution in [0.2, 0.25) is 0 Å². The maximum Gasteiger partial charge on any atom is 0.255 e. The first-order valence-electron chi connectivity index (χ1n) is 8.08. The standard InChI is InChI=1S/C19H21IN2O2/c1-14-12-17(20)6-7-18(14)21-19(23)16-4-2-15(3-5-16)13-22-8-10-24-11-9-22/h2-7,12H,8-11,13H2,1H3,(H,21,23). The molecule has 1 aliphatic heterocycles. The molecule has 0 bridgehead atoms. The summed E-state index contributed by atoms with van der Waals surface area (Å²) in [7, 11) is 0. The highest BCUT2D eigenvalue weighted by Gasteiger charge is 2.12. The molecule has 0 aliphatic carbocycles. The van der Waals surface area contributed by atoms with E-state index >= 15 is 0 Å². The molecule has 126 valence electrons. The molecule has 2 aromatic carbocycles. The molecule has 0 saturated carbocycles. The van der Waals surface area contributed by atoms with Crippen LogP contribution < -0.4 is 5.32 Å². The number of nitrogens with zero attached hydrogens (tertiary/aromatic N) is 1. The van der Waals surface area contributed by atoms with Crippen molar-refractivity contribution in [3.63, 3.8) is 0 Å². The zero-order valence-electron chi connectivity index (χ0n) is 13.7. The van der Waals surface area contributed by atoms with Gasteiger partial charge in [-0.3, -0.25) is 9.69 Å². The lowest BCUT2D eigenvalue weighted by Gasteiger charge is -2.26. The molecule has 0 atom stereocenters. The van der Waals surface area contributed by atoms with Crippen LogP contribution in [0.1, 0.15) is 21.5 Å². The van der Waals surface area contributed by atoms with Crippen molar-refractivity contribution in [2.24, 2.45) is 0 Å². The Kier molecular flexibility index (Phi) is 5.86. The highest BCUT2D eigenvalue weighted by Crippen LogP contribution is 2.19. The first-order chi connectivity index (χ1) is 11.6. The van der Waals surface area contributed by atoms with Crippen LogP contribution in [0.25, 0.3) is 0 Å². The van der Waals surface area contributed by atoms with Gasteiger partial charge in [-0.25, -0.2) is 0 Å². The van der Waals surface area contributed by atoms with Crippen LogP contribution in [0.4, 0.5) is 5.69 Å². The molecule has 24 heavy (non-hydrogen) atoms. The Bertz CT molecular complexity index is 710. The summed E-state index contributed by atoms with van der Waals surface area (Å²) in [4.78, 5) is 14.8. The number of carbonyl (C=O) groups excluding carboxylic acids is 1. The van der Waals surface area contributed by atoms with E-state index in [0.717, 1.165) is 47.7 Å². The first-order valence-corrected chi connectivity index (χ1v) is 9.16. The van der Waals surface area contributed by atoms with Crippen molar-refractivity contribution in [1.82, 2.24) is 4.90 Å². The number of ether oxygens (including phenoxy) is 1. The first kappa shape index (κ1) is 17.4. The van der Waals surface area contributed by atoms with Crippen molar-refractivity contribution in [2.45, 2.75) is 13.5 Å². The minimum atomic E-state index is -0.0720. The zero-order chi connectivity index (χ0) is 16.9. The molecular formula is C19H21IN2O2. The predicted molar refractivity (Wildman–Crippen MR) is 104 cm³/mol. The minimum absolute atomic E-state index is 0.0720. The molecule has 1 aliphatic rings. The number of morpholine rings is 1. The molecular weight excluding hydrogens is 415 g/mol. The van der Waals surface area contributed by atoms with Crippen LogP contribution in [0.3, 0.4) is 0 Å². The van der Waals surface area contributed by atoms with E-state index in [1.54, 1.807) is 0 Å². The smallest absolute Gasteiger partial charge is 0.255 e. The van der Waals surface area contributed by atoms with E-state index in [9.17, 15) is 4.79 Å². The van der Waals surface area contributed by atoms with Gasteiger partial charge >= 0.3 is 0 Å². The van der Waals surface area contributed by atoms with Gasteiger partial charge in [0.15, 0.2) is 0 Å². The van der Waals surface area contributed by atoms with E-state index in [0.29, 0.717) is 5.56 Å². The number of halogens is 1. The Labute approximate surface area is 156 Å². The highest BCUT2D eigenvalue weighted by molar-refractivity contribution is 14.1. The lowest BCUT2D eigenvalue weighted by Crippen LogP contribution is -2.35. The van der Waals surface area contributed by atoms with Gasteiger partial charge in [0.25, 0.3) is 5.91 Å². The number of benzene rings is 2. The van der Waals surface area contributed by atoms with E-state index in [-0.39, 0.29) is 5.91 Å². The fourth-order valence-electron chi connectivity index (χ4n) is 2.74. The van der Waals surface area contributed by atoms with E-state index in [1.165, 1.54) is 5.56 Å². The van der Waals surface area contributed by atoms with Gasteiger partial charge in [-0.2, -0.15) is 0 Å². The number of hydrogen-bond acceptors (Lipinski definition) is 3. The number of nitrogens with one attached hydrogen (secondary N) is 1. The number of amides is 1. The Balaban J connectivity index is 1.62. The van der Waals surface area contributed by atoms with Crippen LogP contribution in [-0.4, -0.2) is 37.1 Å². The third-order valence-corrected chi connectivity index (χ3v) is 4.83. The van der Waals surface area contributed by atoms with Gasteiger partial charge in [-0.1, -0.05) is 12.1 Å². The summed E-state index contributed by atoms with van der Waals surface area (Å²) in [6.45, 7) is 6.44. The van der Waals surface area contributed by atoms with Crippen LogP contribution in [-0.2, 0) is 11.3 Å². The maximum absolute atomic E-state index is 12.4. The summed E-state index contributed by atoms with van der Waals surface area (Å²) in [5, 5.41) is 2.99. The minimum Gasteiger partial charge on any atom is -0.379 e. The monoisotopic (exact) mass is 436 g/mol. The fourth-order valence-corrected chi connectivity index (χ4v) is 3.39. The maximum atomic E-state index is 12.4. The molecule has 0 aromatic heterocycles. The second-order valence-electron chi connectivity index (χ2n) is 6.00. The van der Waals surface area contributed by atoms with Crippen molar-refractivity contribution in [3.8, 4) is 0 Å². The molecule has 5 heteroatoms. The van der Waals surface area contributed by atoms with Gasteiger partial charge in [0, 0.05) is 34.5 Å². The summed E-state index contributed by atoms with van der Waals surface area (Å²) in [6.07, 6.45) is 0. The van der Waals surface area contributed by atoms with E-state index in [2.05, 4.69) is 38.9 Å². The van der Waals surface area contributed by atoms with E-state index in [4.69, 9.17) is 4.74 Å². The highest BCUT2D eigenvalue weighted by atomic mass is 127. The summed E-state index contributed by atoms with van der Waals surface area (Å²) in [6, 6.07) is 13.9. The Morgan fingerprint density at radius 2 is 1.88 bits per heavy atom. The average Bonchev–Trinajstić information content (AvgIpc) is 2.59. The van der Waals surface area contributed by atoms with Crippen LogP contribution in [0, 0.1) is 10.5 Å². The van der Waals surface area contributed by atoms with Crippen LogP contribution >= 0.6 is 22.6 Å². The van der Waals surface area contributed by atoms with Gasteiger partial charge < -0.3 is 10.1 Å². The number of aryl methyl sites for hydroxylation is 1. The van der Waals surface area contributed by atoms with E-state index < -0.39 is 0 Å². The predicted octanol–water partition coefficient (Wildman–Crippen LogP) is 3.68. The second-order valence-corrected chi connectivity index (χ2v) is 7.24. The largest absolute Gasteiger partial charge is 0.379 e. The number of hydrogen-bond donors (Lipinski definition) is 1. The van der Waals surface area contributed by atoms with Crippen molar-refractivity contribution in [2.75, 3.05) is 31.6 Å². The lowest BCUT2D eigenvalue weighted by atomic mass is 10.1. The Morgan fingerprint density at radius 3 is 2.54 bits per heavy atom. The number of rotatable bonds is 4. The average molecular weight is 436 g/mol. The van der Waals surface area contributed by atoms with Gasteiger partial charge in [0.2, 0.25) is 0 Å². The molecule has 1 heterocycles. The molecule has 3 rings (SSSR count). The normalized spacial score (nSPS) is 15.2. The molecule has 0 spiro atoms. The third-order valence-electron chi connectivity index (χ3n) is 4.16. The van der Waals surface area contributed by atoms with Gasteiger partial charge in [0.05, 0.1) is 13.2 Å². The van der Waals surface area contributed by atoms with Gasteiger partial charge in [-0.15, -0.1) is 0 Å². The molecule has 1 amide bonds. The lowest BCUT2D eigenvalue weighted by molar-refractivity contribution is 0.0342.